The van der Waals surface area contributed by atoms with Gasteiger partial charge in [-0.2, -0.15) is 0 Å². The van der Waals surface area contributed by atoms with Crippen LogP contribution in [0, 0.1) is 6.92 Å². The highest BCUT2D eigenvalue weighted by Crippen LogP contribution is 2.32. The molecule has 172 valence electrons. The smallest absolute Gasteiger partial charge is 0.263 e. The number of fused-ring (bicyclic) bond motifs is 4. The van der Waals surface area contributed by atoms with Crippen LogP contribution < -0.4 is 21.3 Å². The second-order valence-electron chi connectivity index (χ2n) is 9.32. The first kappa shape index (κ1) is 20.8. The lowest BCUT2D eigenvalue weighted by Crippen LogP contribution is -2.58. The Balaban J connectivity index is 1.15. The highest BCUT2D eigenvalue weighted by Gasteiger charge is 2.32. The third-order valence-electron chi connectivity index (χ3n) is 6.86. The summed E-state index contributed by atoms with van der Waals surface area (Å²) in [5.41, 5.74) is 12.1. The average molecular weight is 465 g/mol. The van der Waals surface area contributed by atoms with Crippen molar-refractivity contribution in [2.45, 2.75) is 44.4 Å². The average Bonchev–Trinajstić information content (AvgIpc) is 3.14. The molecule has 1 aromatic carbocycles. The van der Waals surface area contributed by atoms with Gasteiger partial charge in [-0.05, 0) is 49.4 Å². The highest BCUT2D eigenvalue weighted by atomic mass is 32.1. The van der Waals surface area contributed by atoms with E-state index < -0.39 is 0 Å². The van der Waals surface area contributed by atoms with Crippen molar-refractivity contribution in [1.29, 1.82) is 0 Å². The van der Waals surface area contributed by atoms with E-state index >= 15 is 0 Å². The van der Waals surface area contributed by atoms with Crippen LogP contribution in [0.1, 0.15) is 32.9 Å². The summed E-state index contributed by atoms with van der Waals surface area (Å²) in [5.74, 6) is -0.131. The van der Waals surface area contributed by atoms with Gasteiger partial charge in [0.05, 0.1) is 23.6 Å². The Kier molecular flexibility index (Phi) is 5.20. The number of aryl methyl sites for hydroxylation is 2. The molecule has 1 aliphatic carbocycles. The van der Waals surface area contributed by atoms with E-state index in [1.54, 1.807) is 6.20 Å². The minimum atomic E-state index is -0.131. The van der Waals surface area contributed by atoms with E-state index in [1.807, 2.05) is 6.92 Å². The molecule has 3 aromatic rings. The largest absolute Gasteiger partial charge is 0.396 e. The predicted molar refractivity (Wildman–Crippen MR) is 130 cm³/mol. The van der Waals surface area contributed by atoms with E-state index in [9.17, 15) is 4.79 Å². The normalized spacial score (nSPS) is 24.5. The number of nitrogen functional groups attached to an aromatic ring is 1. The Hall–Kier alpha value is -2.75. The van der Waals surface area contributed by atoms with Gasteiger partial charge in [0.15, 0.2) is 0 Å². The van der Waals surface area contributed by atoms with Crippen molar-refractivity contribution in [2.75, 3.05) is 36.8 Å². The van der Waals surface area contributed by atoms with Crippen LogP contribution in [-0.4, -0.2) is 60.3 Å². The summed E-state index contributed by atoms with van der Waals surface area (Å²) in [6.07, 6.45) is 4.92. The van der Waals surface area contributed by atoms with Crippen LogP contribution in [0.3, 0.4) is 0 Å². The van der Waals surface area contributed by atoms with Gasteiger partial charge in [-0.25, -0.2) is 9.97 Å². The zero-order valence-electron chi connectivity index (χ0n) is 18.6. The van der Waals surface area contributed by atoms with Crippen LogP contribution in [0.2, 0.25) is 0 Å². The highest BCUT2D eigenvalue weighted by molar-refractivity contribution is 7.21. The van der Waals surface area contributed by atoms with Gasteiger partial charge in [-0.3, -0.25) is 4.79 Å². The maximum absolute atomic E-state index is 13.0. The number of hydrogen-bond acceptors (Lipinski definition) is 8. The molecular formula is C24H28N6O2S. The fraction of sp³-hybridized carbons (Fsp3) is 0.458. The van der Waals surface area contributed by atoms with Crippen molar-refractivity contribution >= 4 is 39.0 Å². The van der Waals surface area contributed by atoms with E-state index in [4.69, 9.17) is 10.5 Å². The number of nitrogens with zero attached hydrogens (tertiary/aromatic N) is 3. The summed E-state index contributed by atoms with van der Waals surface area (Å²) in [6, 6.07) is 6.89. The standard InChI is InChI=1S/C24H28N6O2S/c1-13-8-27-21-20(25)22(33-24(21)28-13)23(31)29-16-4-2-15-7-17(5-3-14(15)6-16)30-11-18-9-26-10-19(12-30)32-18/h3,5,7-8,16,18-19,26H,2,4,6,9-12,25H2,1H3,(H,29,31)/t16-,18?,19?/m0/s1. The van der Waals surface area contributed by atoms with Gasteiger partial charge in [0.25, 0.3) is 5.91 Å². The first-order valence-electron chi connectivity index (χ1n) is 11.6. The van der Waals surface area contributed by atoms with Gasteiger partial charge in [0, 0.05) is 44.1 Å². The number of nitrogens with one attached hydrogen (secondary N) is 2. The SMILES string of the molecule is Cc1cnc2c(N)c(C(=O)N[C@H]3CCc4cc(N5CC6CNCC(C5)O6)ccc4C3)sc2n1. The first-order chi connectivity index (χ1) is 16.0. The van der Waals surface area contributed by atoms with E-state index in [2.05, 4.69) is 43.7 Å². The summed E-state index contributed by atoms with van der Waals surface area (Å²) in [5, 5.41) is 6.65. The van der Waals surface area contributed by atoms with Crippen LogP contribution in [0.25, 0.3) is 10.3 Å². The Bertz CT molecular complexity index is 1220. The van der Waals surface area contributed by atoms with Gasteiger partial charge in [-0.1, -0.05) is 6.07 Å². The molecule has 2 aromatic heterocycles. The zero-order valence-corrected chi connectivity index (χ0v) is 19.5. The molecule has 2 bridgehead atoms. The zero-order chi connectivity index (χ0) is 22.5. The Morgan fingerprint density at radius 3 is 2.91 bits per heavy atom. The van der Waals surface area contributed by atoms with Crippen LogP contribution in [0.4, 0.5) is 11.4 Å². The van der Waals surface area contributed by atoms with Gasteiger partial charge < -0.3 is 26.0 Å². The number of anilines is 2. The molecule has 1 amide bonds. The first-order valence-corrected chi connectivity index (χ1v) is 12.4. The monoisotopic (exact) mass is 464 g/mol. The summed E-state index contributed by atoms with van der Waals surface area (Å²) in [4.78, 5) is 25.5. The molecule has 4 N–H and O–H groups in total. The number of benzene rings is 1. The number of ether oxygens (including phenoxy) is 1. The van der Waals surface area contributed by atoms with Gasteiger partial charge >= 0.3 is 0 Å². The van der Waals surface area contributed by atoms with Crippen molar-refractivity contribution in [2.24, 2.45) is 0 Å². The van der Waals surface area contributed by atoms with Gasteiger partial charge in [0.2, 0.25) is 0 Å². The number of carbonyl (C=O) groups excluding carboxylic acids is 1. The van der Waals surface area contributed by atoms with Crippen molar-refractivity contribution in [3.8, 4) is 0 Å². The molecule has 2 aliphatic heterocycles. The Morgan fingerprint density at radius 2 is 2.09 bits per heavy atom. The molecule has 8 nitrogen and oxygen atoms in total. The summed E-state index contributed by atoms with van der Waals surface area (Å²) < 4.78 is 6.05. The number of amides is 1. The molecule has 2 unspecified atom stereocenters. The topological polar surface area (TPSA) is 105 Å². The molecule has 3 atom stereocenters. The number of nitrogens with two attached hydrogens (primary N) is 1. The maximum Gasteiger partial charge on any atom is 0.263 e. The minimum absolute atomic E-state index is 0.0944. The quantitative estimate of drug-likeness (QED) is 0.545. The minimum Gasteiger partial charge on any atom is -0.396 e. The number of aromatic nitrogens is 2. The molecule has 0 saturated carbocycles. The predicted octanol–water partition coefficient (Wildman–Crippen LogP) is 2.05. The fourth-order valence-corrected chi connectivity index (χ4v) is 6.22. The summed E-state index contributed by atoms with van der Waals surface area (Å²) >= 11 is 1.31. The van der Waals surface area contributed by atoms with E-state index in [0.717, 1.165) is 51.1 Å². The second kappa shape index (κ2) is 8.23. The van der Waals surface area contributed by atoms with Gasteiger partial charge in [-0.15, -0.1) is 11.3 Å². The summed E-state index contributed by atoms with van der Waals surface area (Å²) in [6.45, 7) is 5.60. The molecular weight excluding hydrogens is 436 g/mol. The number of rotatable bonds is 3. The van der Waals surface area contributed by atoms with E-state index in [0.29, 0.717) is 20.9 Å². The molecule has 0 radical (unpaired) electrons. The van der Waals surface area contributed by atoms with Crippen LogP contribution in [0.5, 0.6) is 0 Å². The van der Waals surface area contributed by atoms with Crippen LogP contribution in [0.15, 0.2) is 24.4 Å². The third kappa shape index (κ3) is 3.94. The van der Waals surface area contributed by atoms with E-state index in [1.165, 1.54) is 28.2 Å². The molecule has 3 aliphatic rings. The van der Waals surface area contributed by atoms with E-state index in [-0.39, 0.29) is 24.2 Å². The number of carbonyl (C=O) groups is 1. The number of hydrogen-bond donors (Lipinski definition) is 3. The molecule has 0 spiro atoms. The molecule has 4 heterocycles. The van der Waals surface area contributed by atoms with Crippen molar-refractivity contribution in [1.82, 2.24) is 20.6 Å². The van der Waals surface area contributed by atoms with Crippen molar-refractivity contribution in [3.63, 3.8) is 0 Å². The number of morpholine rings is 2. The molecule has 9 heteroatoms. The fourth-order valence-electron chi connectivity index (χ4n) is 5.22. The second-order valence-corrected chi connectivity index (χ2v) is 10.3. The van der Waals surface area contributed by atoms with Crippen molar-refractivity contribution in [3.05, 3.63) is 46.1 Å². The van der Waals surface area contributed by atoms with Crippen molar-refractivity contribution < 1.29 is 9.53 Å². The van der Waals surface area contributed by atoms with Crippen LogP contribution in [-0.2, 0) is 17.6 Å². The lowest BCUT2D eigenvalue weighted by atomic mass is 9.87. The lowest BCUT2D eigenvalue weighted by molar-refractivity contribution is -0.0483. The Morgan fingerprint density at radius 1 is 1.27 bits per heavy atom. The number of thiophene rings is 1. The van der Waals surface area contributed by atoms with Crippen LogP contribution >= 0.6 is 11.3 Å². The maximum atomic E-state index is 13.0. The molecule has 6 rings (SSSR count). The molecule has 2 saturated heterocycles. The third-order valence-corrected chi connectivity index (χ3v) is 7.95. The molecule has 2 fully saturated rings. The summed E-state index contributed by atoms with van der Waals surface area (Å²) in [7, 11) is 0. The Labute approximate surface area is 196 Å². The molecule has 33 heavy (non-hydrogen) atoms. The lowest BCUT2D eigenvalue weighted by Gasteiger charge is -2.43. The van der Waals surface area contributed by atoms with Gasteiger partial charge in [0.1, 0.15) is 15.2 Å².